The number of ether oxygens (including phenoxy) is 2. The number of halogens is 1. The monoisotopic (exact) mass is 292 g/mol. The Bertz CT molecular complexity index is 540. The van der Waals surface area contributed by atoms with E-state index in [1.54, 1.807) is 13.2 Å². The van der Waals surface area contributed by atoms with Crippen LogP contribution in [0.5, 0.6) is 0 Å². The minimum Gasteiger partial charge on any atom is -0.382 e. The van der Waals surface area contributed by atoms with Crippen LogP contribution in [0, 0.1) is 17.1 Å². The normalized spacial score (nSPS) is 22.0. The highest BCUT2D eigenvalue weighted by Gasteiger charge is 2.33. The molecule has 0 radical (unpaired) electrons. The summed E-state index contributed by atoms with van der Waals surface area (Å²) in [6.07, 6.45) is 0.0157. The zero-order chi connectivity index (χ0) is 15.5. The first-order chi connectivity index (χ1) is 9.93. The zero-order valence-corrected chi connectivity index (χ0v) is 12.7. The van der Waals surface area contributed by atoms with Crippen LogP contribution in [0.25, 0.3) is 0 Å². The van der Waals surface area contributed by atoms with Crippen LogP contribution >= 0.6 is 0 Å². The molecule has 1 aromatic rings. The molecule has 0 bridgehead atoms. The lowest BCUT2D eigenvalue weighted by atomic mass is 10.0. The van der Waals surface area contributed by atoms with Gasteiger partial charge in [-0.1, -0.05) is 6.07 Å². The molecule has 5 heteroatoms. The first-order valence-electron chi connectivity index (χ1n) is 7.01. The van der Waals surface area contributed by atoms with E-state index in [1.165, 1.54) is 12.1 Å². The van der Waals surface area contributed by atoms with Gasteiger partial charge in [0.25, 0.3) is 0 Å². The van der Waals surface area contributed by atoms with Crippen LogP contribution in [-0.4, -0.2) is 43.4 Å². The molecule has 4 nitrogen and oxygen atoms in total. The highest BCUT2D eigenvalue weighted by molar-refractivity contribution is 5.33. The fourth-order valence-electron chi connectivity index (χ4n) is 2.82. The summed E-state index contributed by atoms with van der Waals surface area (Å²) < 4.78 is 24.8. The molecule has 0 amide bonds. The summed E-state index contributed by atoms with van der Waals surface area (Å²) in [4.78, 5) is 2.23. The molecule has 114 valence electrons. The second kappa shape index (κ2) is 6.52. The SMILES string of the molecule is COC[C@H]1CN(Cc2ccc(C#N)c(F)c2)CC(C)(C)O1. The Labute approximate surface area is 125 Å². The van der Waals surface area contributed by atoms with Gasteiger partial charge in [0.15, 0.2) is 0 Å². The van der Waals surface area contributed by atoms with Crippen molar-refractivity contribution in [3.63, 3.8) is 0 Å². The number of benzene rings is 1. The van der Waals surface area contributed by atoms with Crippen molar-refractivity contribution in [2.45, 2.75) is 32.1 Å². The number of rotatable bonds is 4. The molecule has 1 fully saturated rings. The van der Waals surface area contributed by atoms with Gasteiger partial charge in [-0.15, -0.1) is 0 Å². The van der Waals surface area contributed by atoms with E-state index in [0.29, 0.717) is 13.2 Å². The molecule has 0 spiro atoms. The van der Waals surface area contributed by atoms with Crippen molar-refractivity contribution in [3.8, 4) is 6.07 Å². The Kier molecular flexibility index (Phi) is 4.94. The van der Waals surface area contributed by atoms with Crippen molar-refractivity contribution >= 4 is 0 Å². The van der Waals surface area contributed by atoms with Gasteiger partial charge in [-0.25, -0.2) is 4.39 Å². The first kappa shape index (κ1) is 15.9. The highest BCUT2D eigenvalue weighted by atomic mass is 19.1. The van der Waals surface area contributed by atoms with E-state index in [4.69, 9.17) is 14.7 Å². The van der Waals surface area contributed by atoms with Crippen LogP contribution in [-0.2, 0) is 16.0 Å². The number of nitrogens with zero attached hydrogens (tertiary/aromatic N) is 2. The largest absolute Gasteiger partial charge is 0.382 e. The molecule has 0 N–H and O–H groups in total. The van der Waals surface area contributed by atoms with Gasteiger partial charge in [0.2, 0.25) is 0 Å². The number of morpholine rings is 1. The van der Waals surface area contributed by atoms with Gasteiger partial charge >= 0.3 is 0 Å². The molecule has 0 aliphatic carbocycles. The fourth-order valence-corrected chi connectivity index (χ4v) is 2.82. The van der Waals surface area contributed by atoms with E-state index < -0.39 is 5.82 Å². The van der Waals surface area contributed by atoms with E-state index in [-0.39, 0.29) is 17.3 Å². The molecule has 2 rings (SSSR count). The number of methoxy groups -OCH3 is 1. The number of hydrogen-bond donors (Lipinski definition) is 0. The van der Waals surface area contributed by atoms with Crippen molar-refractivity contribution in [2.75, 3.05) is 26.8 Å². The third-order valence-corrected chi connectivity index (χ3v) is 3.46. The molecule has 0 unspecified atom stereocenters. The van der Waals surface area contributed by atoms with E-state index in [1.807, 2.05) is 19.9 Å². The van der Waals surface area contributed by atoms with E-state index in [2.05, 4.69) is 4.90 Å². The van der Waals surface area contributed by atoms with Crippen LogP contribution in [0.4, 0.5) is 4.39 Å². The summed E-state index contributed by atoms with van der Waals surface area (Å²) in [6, 6.07) is 6.61. The molecule has 1 heterocycles. The second-order valence-corrected chi connectivity index (χ2v) is 6.05. The van der Waals surface area contributed by atoms with Gasteiger partial charge < -0.3 is 9.47 Å². The minimum atomic E-state index is -0.462. The van der Waals surface area contributed by atoms with Crippen molar-refractivity contribution in [3.05, 3.63) is 35.1 Å². The zero-order valence-electron chi connectivity index (χ0n) is 12.7. The van der Waals surface area contributed by atoms with Crippen molar-refractivity contribution in [2.24, 2.45) is 0 Å². The predicted molar refractivity (Wildman–Crippen MR) is 77.2 cm³/mol. The Hall–Kier alpha value is -1.48. The van der Waals surface area contributed by atoms with Gasteiger partial charge in [0.1, 0.15) is 11.9 Å². The Balaban J connectivity index is 2.07. The number of hydrogen-bond acceptors (Lipinski definition) is 4. The van der Waals surface area contributed by atoms with Gasteiger partial charge in [-0.05, 0) is 31.5 Å². The van der Waals surface area contributed by atoms with E-state index in [0.717, 1.165) is 18.7 Å². The summed E-state index contributed by atoms with van der Waals surface area (Å²) >= 11 is 0. The maximum atomic E-state index is 13.7. The van der Waals surface area contributed by atoms with Crippen molar-refractivity contribution in [1.82, 2.24) is 4.90 Å². The molecular formula is C16H21FN2O2. The van der Waals surface area contributed by atoms with Crippen LogP contribution in [0.15, 0.2) is 18.2 Å². The summed E-state index contributed by atoms with van der Waals surface area (Å²) in [6.45, 7) is 6.79. The summed E-state index contributed by atoms with van der Waals surface area (Å²) in [5.41, 5.74) is 0.686. The summed E-state index contributed by atoms with van der Waals surface area (Å²) in [7, 11) is 1.66. The average Bonchev–Trinajstić information content (AvgIpc) is 2.37. The molecule has 1 atom stereocenters. The van der Waals surface area contributed by atoms with E-state index in [9.17, 15) is 4.39 Å². The summed E-state index contributed by atoms with van der Waals surface area (Å²) in [5, 5.41) is 8.76. The topological polar surface area (TPSA) is 45.5 Å². The molecule has 1 aliphatic heterocycles. The highest BCUT2D eigenvalue weighted by Crippen LogP contribution is 2.23. The minimum absolute atomic E-state index is 0.0157. The quantitative estimate of drug-likeness (QED) is 0.854. The van der Waals surface area contributed by atoms with Gasteiger partial charge in [0, 0.05) is 26.7 Å². The van der Waals surface area contributed by atoms with Crippen LogP contribution in [0.2, 0.25) is 0 Å². The Morgan fingerprint density at radius 1 is 1.52 bits per heavy atom. The van der Waals surface area contributed by atoms with Crippen LogP contribution in [0.1, 0.15) is 25.0 Å². The third kappa shape index (κ3) is 4.24. The van der Waals surface area contributed by atoms with Crippen LogP contribution in [0.3, 0.4) is 0 Å². The lowest BCUT2D eigenvalue weighted by Crippen LogP contribution is -2.53. The smallest absolute Gasteiger partial charge is 0.141 e. The molecule has 21 heavy (non-hydrogen) atoms. The molecule has 0 saturated carbocycles. The van der Waals surface area contributed by atoms with Crippen molar-refractivity contribution in [1.29, 1.82) is 5.26 Å². The maximum absolute atomic E-state index is 13.7. The average molecular weight is 292 g/mol. The molecule has 0 aromatic heterocycles. The Morgan fingerprint density at radius 2 is 2.29 bits per heavy atom. The fraction of sp³-hybridized carbons (Fsp3) is 0.562. The van der Waals surface area contributed by atoms with Crippen LogP contribution < -0.4 is 0 Å². The maximum Gasteiger partial charge on any atom is 0.141 e. The second-order valence-electron chi connectivity index (χ2n) is 6.05. The third-order valence-electron chi connectivity index (χ3n) is 3.46. The lowest BCUT2D eigenvalue weighted by molar-refractivity contribution is -0.154. The first-order valence-corrected chi connectivity index (χ1v) is 7.01. The predicted octanol–water partition coefficient (Wildman–Crippen LogP) is 2.32. The molecule has 1 aromatic carbocycles. The lowest BCUT2D eigenvalue weighted by Gasteiger charge is -2.42. The van der Waals surface area contributed by atoms with E-state index >= 15 is 0 Å². The number of nitriles is 1. The molecular weight excluding hydrogens is 271 g/mol. The van der Waals surface area contributed by atoms with Crippen molar-refractivity contribution < 1.29 is 13.9 Å². The van der Waals surface area contributed by atoms with Gasteiger partial charge in [-0.3, -0.25) is 4.90 Å². The standard InChI is InChI=1S/C16H21FN2O2/c1-16(2)11-19(9-14(21-16)10-20-3)8-12-4-5-13(7-18)15(17)6-12/h4-6,14H,8-11H2,1-3H3/t14-/m1/s1. The summed E-state index contributed by atoms with van der Waals surface area (Å²) in [5.74, 6) is -0.462. The Morgan fingerprint density at radius 3 is 2.90 bits per heavy atom. The molecule has 1 saturated heterocycles. The van der Waals surface area contributed by atoms with Gasteiger partial charge in [0.05, 0.1) is 23.9 Å². The van der Waals surface area contributed by atoms with Gasteiger partial charge in [-0.2, -0.15) is 5.26 Å². The molecule has 1 aliphatic rings.